The molecule has 1 fully saturated rings. The predicted octanol–water partition coefficient (Wildman–Crippen LogP) is 3.97. The van der Waals surface area contributed by atoms with Crippen LogP contribution in [0.5, 0.6) is 0 Å². The van der Waals surface area contributed by atoms with Crippen molar-refractivity contribution in [1.29, 1.82) is 0 Å². The van der Waals surface area contributed by atoms with Gasteiger partial charge in [-0.1, -0.05) is 0 Å². The molecule has 0 unspecified atom stereocenters. The van der Waals surface area contributed by atoms with Crippen LogP contribution in [-0.2, 0) is 0 Å². The minimum Gasteiger partial charge on any atom is -0.335 e. The van der Waals surface area contributed by atoms with E-state index in [1.807, 2.05) is 24.6 Å². The van der Waals surface area contributed by atoms with E-state index in [-0.39, 0.29) is 30.0 Å². The number of carbonyl (C=O) groups is 2. The number of aromatic nitrogens is 3. The van der Waals surface area contributed by atoms with Gasteiger partial charge in [-0.2, -0.15) is 5.10 Å². The number of pyridine rings is 1. The molecule has 1 aliphatic heterocycles. The van der Waals surface area contributed by atoms with Gasteiger partial charge in [-0.25, -0.2) is 23.6 Å². The zero-order chi connectivity index (χ0) is 22.7. The highest BCUT2D eigenvalue weighted by Gasteiger charge is 2.24. The molecular formula is C22H26FN7O2. The van der Waals surface area contributed by atoms with Crippen LogP contribution in [0.4, 0.5) is 25.4 Å². The molecule has 0 aliphatic carbocycles. The average molecular weight is 439 g/mol. The number of benzene rings is 1. The number of anilines is 2. The third-order valence-corrected chi connectivity index (χ3v) is 5.39. The second kappa shape index (κ2) is 9.21. The lowest BCUT2D eigenvalue weighted by atomic mass is 10.1. The van der Waals surface area contributed by atoms with Crippen LogP contribution in [0.15, 0.2) is 42.7 Å². The monoisotopic (exact) mass is 439 g/mol. The first kappa shape index (κ1) is 21.5. The Balaban J connectivity index is 1.26. The summed E-state index contributed by atoms with van der Waals surface area (Å²) in [5.74, 6) is -0.358. The molecule has 32 heavy (non-hydrogen) atoms. The number of hydrogen-bond acceptors (Lipinski definition) is 4. The highest BCUT2D eigenvalue weighted by atomic mass is 19.1. The zero-order valence-corrected chi connectivity index (χ0v) is 18.0. The van der Waals surface area contributed by atoms with Gasteiger partial charge in [0.25, 0.3) is 0 Å². The number of nitrogens with zero attached hydrogens (tertiary/aromatic N) is 4. The molecule has 168 valence electrons. The topological polar surface area (TPSA) is 104 Å². The molecule has 1 aromatic carbocycles. The minimum atomic E-state index is -0.358. The summed E-state index contributed by atoms with van der Waals surface area (Å²) in [4.78, 5) is 31.0. The number of hydrogen-bond donors (Lipinski definition) is 3. The van der Waals surface area contributed by atoms with Crippen LogP contribution >= 0.6 is 0 Å². The van der Waals surface area contributed by atoms with E-state index in [1.165, 1.54) is 24.3 Å². The Morgan fingerprint density at radius 3 is 2.47 bits per heavy atom. The molecule has 0 atom stereocenters. The molecule has 0 bridgehead atoms. The Morgan fingerprint density at radius 2 is 1.78 bits per heavy atom. The largest absolute Gasteiger partial charge is 0.335 e. The maximum atomic E-state index is 13.0. The zero-order valence-electron chi connectivity index (χ0n) is 18.0. The first-order chi connectivity index (χ1) is 15.4. The van der Waals surface area contributed by atoms with Gasteiger partial charge in [0.05, 0.1) is 18.1 Å². The van der Waals surface area contributed by atoms with Gasteiger partial charge in [-0.3, -0.25) is 0 Å². The van der Waals surface area contributed by atoms with Gasteiger partial charge >= 0.3 is 12.1 Å². The van der Waals surface area contributed by atoms with Crippen LogP contribution in [0.1, 0.15) is 32.7 Å². The molecule has 1 saturated heterocycles. The fourth-order valence-electron chi connectivity index (χ4n) is 3.70. The molecule has 3 heterocycles. The molecule has 10 heteroatoms. The smallest absolute Gasteiger partial charge is 0.321 e. The van der Waals surface area contributed by atoms with Gasteiger partial charge in [0.2, 0.25) is 0 Å². The van der Waals surface area contributed by atoms with Crippen LogP contribution in [0.2, 0.25) is 0 Å². The molecule has 3 aromatic rings. The van der Waals surface area contributed by atoms with Crippen molar-refractivity contribution < 1.29 is 14.0 Å². The molecule has 4 amide bonds. The number of halogens is 1. The Kier molecular flexibility index (Phi) is 6.20. The van der Waals surface area contributed by atoms with Crippen LogP contribution in [0.25, 0.3) is 11.0 Å². The van der Waals surface area contributed by atoms with Crippen LogP contribution in [0, 0.1) is 5.82 Å². The van der Waals surface area contributed by atoms with Crippen LogP contribution < -0.4 is 16.0 Å². The Morgan fingerprint density at radius 1 is 1.06 bits per heavy atom. The Hall–Kier alpha value is -3.69. The normalized spacial score (nSPS) is 14.6. The van der Waals surface area contributed by atoms with Gasteiger partial charge in [0, 0.05) is 36.2 Å². The molecular weight excluding hydrogens is 413 g/mol. The number of fused-ring (bicyclic) bond motifs is 1. The molecule has 9 nitrogen and oxygen atoms in total. The fraction of sp³-hybridized carbons (Fsp3) is 0.364. The van der Waals surface area contributed by atoms with Crippen molar-refractivity contribution in [2.45, 2.75) is 38.8 Å². The third-order valence-electron chi connectivity index (χ3n) is 5.39. The Bertz CT molecular complexity index is 1110. The summed E-state index contributed by atoms with van der Waals surface area (Å²) in [6.45, 7) is 5.12. The summed E-state index contributed by atoms with van der Waals surface area (Å²) in [7, 11) is 0. The van der Waals surface area contributed by atoms with Crippen molar-refractivity contribution in [2.75, 3.05) is 23.7 Å². The summed E-state index contributed by atoms with van der Waals surface area (Å²) >= 11 is 0. The second-order valence-corrected chi connectivity index (χ2v) is 8.12. The van der Waals surface area contributed by atoms with E-state index in [0.717, 1.165) is 11.0 Å². The summed E-state index contributed by atoms with van der Waals surface area (Å²) in [5.41, 5.74) is 1.92. The molecule has 0 spiro atoms. The first-order valence-corrected chi connectivity index (χ1v) is 10.6. The highest BCUT2D eigenvalue weighted by molar-refractivity contribution is 5.92. The highest BCUT2D eigenvalue weighted by Crippen LogP contribution is 2.20. The standard InChI is InChI=1S/C22H26FN7O2/c1-14(2)30-20-15(12-25-30)11-19(13-24-20)28-22(32)29-9-7-18(8-10-29)27-21(31)26-17-5-3-16(23)4-6-17/h3-6,11-14,18H,7-10H2,1-2H3,(H,28,32)(H2,26,27,31). The maximum absolute atomic E-state index is 13.0. The SMILES string of the molecule is CC(C)n1ncc2cc(NC(=O)N3CCC(NC(=O)Nc4ccc(F)cc4)CC3)cnc21. The van der Waals surface area contributed by atoms with Gasteiger partial charge in [-0.05, 0) is 57.0 Å². The van der Waals surface area contributed by atoms with Gasteiger partial charge in [0.15, 0.2) is 5.65 Å². The van der Waals surface area contributed by atoms with Gasteiger partial charge in [-0.15, -0.1) is 0 Å². The maximum Gasteiger partial charge on any atom is 0.321 e. The summed E-state index contributed by atoms with van der Waals surface area (Å²) in [5, 5.41) is 13.7. The number of nitrogens with one attached hydrogen (secondary N) is 3. The fourth-order valence-corrected chi connectivity index (χ4v) is 3.70. The minimum absolute atomic E-state index is 0.0422. The van der Waals surface area contributed by atoms with Crippen molar-refractivity contribution >= 4 is 34.5 Å². The molecule has 3 N–H and O–H groups in total. The lowest BCUT2D eigenvalue weighted by Gasteiger charge is -2.32. The number of piperidine rings is 1. The van der Waals surface area contributed by atoms with Crippen molar-refractivity contribution in [3.63, 3.8) is 0 Å². The Labute approximate surface area is 185 Å². The molecule has 1 aliphatic rings. The number of likely N-dealkylation sites (tertiary alicyclic amines) is 1. The molecule has 2 aromatic heterocycles. The summed E-state index contributed by atoms with van der Waals surface area (Å²) in [6.07, 6.45) is 4.66. The summed E-state index contributed by atoms with van der Waals surface area (Å²) < 4.78 is 14.8. The van der Waals surface area contributed by atoms with Gasteiger partial charge < -0.3 is 20.9 Å². The second-order valence-electron chi connectivity index (χ2n) is 8.12. The van der Waals surface area contributed by atoms with E-state index in [2.05, 4.69) is 26.0 Å². The first-order valence-electron chi connectivity index (χ1n) is 10.6. The van der Waals surface area contributed by atoms with Crippen molar-refractivity contribution in [2.24, 2.45) is 0 Å². The van der Waals surface area contributed by atoms with Crippen molar-refractivity contribution in [3.8, 4) is 0 Å². The quantitative estimate of drug-likeness (QED) is 0.572. The van der Waals surface area contributed by atoms with Crippen molar-refractivity contribution in [3.05, 3.63) is 48.5 Å². The number of rotatable bonds is 4. The lowest BCUT2D eigenvalue weighted by Crippen LogP contribution is -2.48. The number of amides is 4. The van der Waals surface area contributed by atoms with Gasteiger partial charge in [0.1, 0.15) is 5.82 Å². The van der Waals surface area contributed by atoms with Crippen LogP contribution in [-0.4, -0.2) is 50.9 Å². The van der Waals surface area contributed by atoms with Crippen molar-refractivity contribution in [1.82, 2.24) is 25.0 Å². The number of carbonyl (C=O) groups excluding carboxylic acids is 2. The van der Waals surface area contributed by atoms with E-state index in [4.69, 9.17) is 0 Å². The summed E-state index contributed by atoms with van der Waals surface area (Å²) in [6, 6.07) is 7.06. The van der Waals surface area contributed by atoms with E-state index >= 15 is 0 Å². The predicted molar refractivity (Wildman–Crippen MR) is 120 cm³/mol. The third kappa shape index (κ3) is 4.96. The van der Waals surface area contributed by atoms with E-state index < -0.39 is 0 Å². The average Bonchev–Trinajstić information content (AvgIpc) is 3.19. The van der Waals surface area contributed by atoms with E-state index in [1.54, 1.807) is 17.3 Å². The van der Waals surface area contributed by atoms with E-state index in [0.29, 0.717) is 37.3 Å². The number of urea groups is 2. The lowest BCUT2D eigenvalue weighted by molar-refractivity contribution is 0.189. The van der Waals surface area contributed by atoms with Crippen LogP contribution in [0.3, 0.4) is 0 Å². The van der Waals surface area contributed by atoms with E-state index in [9.17, 15) is 14.0 Å². The molecule has 0 saturated carbocycles. The molecule has 0 radical (unpaired) electrons. The molecule has 4 rings (SSSR count).